The number of rotatable bonds is 5. The highest BCUT2D eigenvalue weighted by Gasteiger charge is 2.38. The average Bonchev–Trinajstić information content (AvgIpc) is 2.87. The van der Waals surface area contributed by atoms with Gasteiger partial charge in [0, 0.05) is 17.7 Å². The highest BCUT2D eigenvalue weighted by molar-refractivity contribution is 9.10. The van der Waals surface area contributed by atoms with Crippen molar-refractivity contribution in [3.8, 4) is 5.75 Å². The molecule has 1 amide bonds. The standard InChI is InChI=1S/C18H16BrFN2O3/c1-3-25-14-6-5-12(20)8-13(14)17(10(2)23)22-9-11-4-7-15(19)21-16(11)18(22)24/h4-8,17H,3,9H2,1-2H3. The Balaban J connectivity index is 2.06. The van der Waals surface area contributed by atoms with Gasteiger partial charge in [-0.15, -0.1) is 0 Å². The minimum absolute atomic E-state index is 0.237. The van der Waals surface area contributed by atoms with Gasteiger partial charge >= 0.3 is 0 Å². The van der Waals surface area contributed by atoms with Crippen LogP contribution in [0.15, 0.2) is 34.9 Å². The van der Waals surface area contributed by atoms with Crippen LogP contribution in [0.3, 0.4) is 0 Å². The molecule has 0 bridgehead atoms. The van der Waals surface area contributed by atoms with Crippen LogP contribution in [0.1, 0.15) is 41.5 Å². The molecule has 2 heterocycles. The van der Waals surface area contributed by atoms with Gasteiger partial charge in [0.25, 0.3) is 5.91 Å². The van der Waals surface area contributed by atoms with Crippen molar-refractivity contribution in [2.24, 2.45) is 0 Å². The van der Waals surface area contributed by atoms with Crippen LogP contribution < -0.4 is 4.74 Å². The zero-order valence-electron chi connectivity index (χ0n) is 13.8. The van der Waals surface area contributed by atoms with Crippen molar-refractivity contribution < 1.29 is 18.7 Å². The molecule has 0 fully saturated rings. The largest absolute Gasteiger partial charge is 0.493 e. The second kappa shape index (κ2) is 6.92. The van der Waals surface area contributed by atoms with E-state index in [2.05, 4.69) is 20.9 Å². The lowest BCUT2D eigenvalue weighted by Gasteiger charge is -2.27. The van der Waals surface area contributed by atoms with Gasteiger partial charge in [0.15, 0.2) is 5.78 Å². The van der Waals surface area contributed by atoms with Gasteiger partial charge in [-0.2, -0.15) is 0 Å². The Labute approximate surface area is 152 Å². The van der Waals surface area contributed by atoms with E-state index in [1.807, 2.05) is 0 Å². The lowest BCUT2D eigenvalue weighted by molar-refractivity contribution is -0.121. The quantitative estimate of drug-likeness (QED) is 0.710. The van der Waals surface area contributed by atoms with E-state index in [0.29, 0.717) is 28.2 Å². The predicted molar refractivity (Wildman–Crippen MR) is 92.8 cm³/mol. The zero-order valence-corrected chi connectivity index (χ0v) is 15.3. The average molecular weight is 407 g/mol. The molecule has 7 heteroatoms. The number of halogens is 2. The van der Waals surface area contributed by atoms with E-state index in [0.717, 1.165) is 5.56 Å². The van der Waals surface area contributed by atoms with Gasteiger partial charge in [-0.05, 0) is 54.0 Å². The minimum Gasteiger partial charge on any atom is -0.493 e. The van der Waals surface area contributed by atoms with Crippen LogP contribution in [-0.4, -0.2) is 28.2 Å². The highest BCUT2D eigenvalue weighted by atomic mass is 79.9. The zero-order chi connectivity index (χ0) is 18.1. The molecule has 1 aliphatic rings. The van der Waals surface area contributed by atoms with Crippen LogP contribution in [0, 0.1) is 5.82 Å². The van der Waals surface area contributed by atoms with Crippen molar-refractivity contribution in [2.45, 2.75) is 26.4 Å². The number of fused-ring (bicyclic) bond motifs is 1. The lowest BCUT2D eigenvalue weighted by atomic mass is 10.0. The Morgan fingerprint density at radius 2 is 2.16 bits per heavy atom. The first-order chi connectivity index (χ1) is 11.9. The van der Waals surface area contributed by atoms with Crippen molar-refractivity contribution in [3.63, 3.8) is 0 Å². The van der Waals surface area contributed by atoms with E-state index in [1.165, 1.54) is 30.0 Å². The van der Waals surface area contributed by atoms with Gasteiger partial charge in [-0.25, -0.2) is 9.37 Å². The molecule has 0 radical (unpaired) electrons. The molecule has 1 atom stereocenters. The van der Waals surface area contributed by atoms with Gasteiger partial charge in [0.2, 0.25) is 0 Å². The van der Waals surface area contributed by atoms with Crippen LogP contribution in [0.4, 0.5) is 4.39 Å². The van der Waals surface area contributed by atoms with E-state index in [1.54, 1.807) is 19.1 Å². The number of hydrogen-bond donors (Lipinski definition) is 0. The molecule has 1 aromatic carbocycles. The van der Waals surface area contributed by atoms with E-state index in [9.17, 15) is 14.0 Å². The van der Waals surface area contributed by atoms with Crippen LogP contribution in [0.5, 0.6) is 5.75 Å². The van der Waals surface area contributed by atoms with Crippen molar-refractivity contribution in [3.05, 3.63) is 57.6 Å². The van der Waals surface area contributed by atoms with Crippen LogP contribution in [0.2, 0.25) is 0 Å². The minimum atomic E-state index is -0.933. The molecule has 1 unspecified atom stereocenters. The topological polar surface area (TPSA) is 59.5 Å². The molecule has 1 aliphatic heterocycles. The van der Waals surface area contributed by atoms with E-state index < -0.39 is 11.9 Å². The van der Waals surface area contributed by atoms with Gasteiger partial charge in [0.1, 0.15) is 27.9 Å². The summed E-state index contributed by atoms with van der Waals surface area (Å²) in [5.41, 5.74) is 1.37. The number of pyridine rings is 1. The fourth-order valence-electron chi connectivity index (χ4n) is 3.00. The van der Waals surface area contributed by atoms with Crippen LogP contribution in [0.25, 0.3) is 0 Å². The summed E-state index contributed by atoms with van der Waals surface area (Å²) in [7, 11) is 0. The number of ether oxygens (including phenoxy) is 1. The molecule has 130 valence electrons. The molecule has 0 spiro atoms. The molecular formula is C18H16BrFN2O3. The maximum Gasteiger partial charge on any atom is 0.274 e. The third-order valence-corrected chi connectivity index (χ3v) is 4.45. The second-order valence-corrected chi connectivity index (χ2v) is 6.52. The summed E-state index contributed by atoms with van der Waals surface area (Å²) >= 11 is 3.25. The molecule has 0 saturated heterocycles. The van der Waals surface area contributed by atoms with Gasteiger partial charge in [-0.3, -0.25) is 9.59 Å². The SMILES string of the molecule is CCOc1ccc(F)cc1C(C(C)=O)N1Cc2ccc(Br)nc2C1=O. The molecule has 25 heavy (non-hydrogen) atoms. The fourth-order valence-corrected chi connectivity index (χ4v) is 3.31. The summed E-state index contributed by atoms with van der Waals surface area (Å²) in [6.07, 6.45) is 0. The lowest BCUT2D eigenvalue weighted by Crippen LogP contribution is -2.34. The molecule has 0 saturated carbocycles. The second-order valence-electron chi connectivity index (χ2n) is 5.70. The summed E-state index contributed by atoms with van der Waals surface area (Å²) < 4.78 is 19.9. The van der Waals surface area contributed by atoms with Gasteiger partial charge < -0.3 is 9.64 Å². The number of ketones is 1. The normalized spacial score (nSPS) is 14.4. The first-order valence-corrected chi connectivity index (χ1v) is 8.60. The number of hydrogen-bond acceptors (Lipinski definition) is 4. The maximum atomic E-state index is 13.8. The van der Waals surface area contributed by atoms with E-state index in [4.69, 9.17) is 4.74 Å². The van der Waals surface area contributed by atoms with Crippen LogP contribution in [-0.2, 0) is 11.3 Å². The van der Waals surface area contributed by atoms with Gasteiger partial charge in [-0.1, -0.05) is 6.07 Å². The molecule has 1 aromatic heterocycles. The molecule has 3 rings (SSSR count). The monoisotopic (exact) mass is 406 g/mol. The Bertz CT molecular complexity index is 856. The van der Waals surface area contributed by atoms with Gasteiger partial charge in [0.05, 0.1) is 6.61 Å². The molecule has 5 nitrogen and oxygen atoms in total. The van der Waals surface area contributed by atoms with Crippen LogP contribution >= 0.6 is 15.9 Å². The number of Topliss-reactive ketones (excluding diaryl/α,β-unsaturated/α-hetero) is 1. The Kier molecular flexibility index (Phi) is 4.85. The summed E-state index contributed by atoms with van der Waals surface area (Å²) in [5.74, 6) is -0.730. The summed E-state index contributed by atoms with van der Waals surface area (Å²) in [6, 6.07) is 6.59. The highest BCUT2D eigenvalue weighted by Crippen LogP contribution is 2.36. The number of amides is 1. The molecule has 0 N–H and O–H groups in total. The smallest absolute Gasteiger partial charge is 0.274 e. The first-order valence-electron chi connectivity index (χ1n) is 7.81. The Morgan fingerprint density at radius 1 is 1.40 bits per heavy atom. The van der Waals surface area contributed by atoms with Crippen molar-refractivity contribution in [2.75, 3.05) is 6.61 Å². The third-order valence-electron chi connectivity index (χ3n) is 4.01. The van der Waals surface area contributed by atoms with Crippen molar-refractivity contribution >= 4 is 27.6 Å². The molecular weight excluding hydrogens is 391 g/mol. The number of aromatic nitrogens is 1. The summed E-state index contributed by atoms with van der Waals surface area (Å²) in [6.45, 7) is 3.78. The Morgan fingerprint density at radius 3 is 2.84 bits per heavy atom. The maximum absolute atomic E-state index is 13.8. The number of carbonyl (C=O) groups excluding carboxylic acids is 2. The third kappa shape index (κ3) is 3.28. The fraction of sp³-hybridized carbons (Fsp3) is 0.278. The van der Waals surface area contributed by atoms with Crippen molar-refractivity contribution in [1.29, 1.82) is 0 Å². The summed E-state index contributed by atoms with van der Waals surface area (Å²) in [4.78, 5) is 30.8. The Hall–Kier alpha value is -2.28. The van der Waals surface area contributed by atoms with Crippen molar-refractivity contribution in [1.82, 2.24) is 9.88 Å². The molecule has 2 aromatic rings. The van der Waals surface area contributed by atoms with E-state index in [-0.39, 0.29) is 18.2 Å². The number of carbonyl (C=O) groups is 2. The summed E-state index contributed by atoms with van der Waals surface area (Å²) in [5, 5.41) is 0. The number of benzene rings is 1. The first kappa shape index (κ1) is 17.5. The van der Waals surface area contributed by atoms with E-state index >= 15 is 0 Å². The number of nitrogens with zero attached hydrogens (tertiary/aromatic N) is 2. The predicted octanol–water partition coefficient (Wildman–Crippen LogP) is 3.67. The molecule has 0 aliphatic carbocycles.